The molecule has 0 spiro atoms. The van der Waals surface area contributed by atoms with Gasteiger partial charge in [0.15, 0.2) is 0 Å². The number of hydrogen-bond donors (Lipinski definition) is 3. The molecule has 0 saturated heterocycles. The molecule has 10 heteroatoms. The molecule has 0 atom stereocenters. The Hall–Kier alpha value is -2.04. The van der Waals surface area contributed by atoms with E-state index in [-0.39, 0.29) is 29.6 Å². The van der Waals surface area contributed by atoms with Crippen LogP contribution in [0, 0.1) is 10.1 Å². The van der Waals surface area contributed by atoms with E-state index < -0.39 is 20.5 Å². The van der Waals surface area contributed by atoms with Crippen molar-refractivity contribution in [3.63, 3.8) is 0 Å². The van der Waals surface area contributed by atoms with Gasteiger partial charge in [0.25, 0.3) is 5.69 Å². The second-order valence-corrected chi connectivity index (χ2v) is 7.89. The molecule has 1 aliphatic rings. The first-order valence-corrected chi connectivity index (χ1v) is 9.54. The Bertz CT molecular complexity index is 727. The fourth-order valence-electron chi connectivity index (χ4n) is 2.78. The van der Waals surface area contributed by atoms with Crippen LogP contribution in [0.2, 0.25) is 0 Å². The number of nitrogens with two attached hydrogens (primary N) is 1. The fourth-order valence-corrected chi connectivity index (χ4v) is 3.81. The normalized spacial score (nSPS) is 17.0. The van der Waals surface area contributed by atoms with E-state index in [1.807, 2.05) is 0 Å². The quantitative estimate of drug-likeness (QED) is 0.365. The first kappa shape index (κ1) is 19.3. The Morgan fingerprint density at radius 2 is 1.76 bits per heavy atom. The molecule has 0 aliphatic heterocycles. The number of nitro benzene ring substituents is 1. The van der Waals surface area contributed by atoms with E-state index >= 15 is 0 Å². The molecule has 0 bridgehead atoms. The third-order valence-electron chi connectivity index (χ3n) is 4.26. The summed E-state index contributed by atoms with van der Waals surface area (Å²) in [4.78, 5) is 22.0. The Labute approximate surface area is 146 Å². The molecule has 9 nitrogen and oxygen atoms in total. The first-order valence-electron chi connectivity index (χ1n) is 8.06. The van der Waals surface area contributed by atoms with Crippen LogP contribution in [0.4, 0.5) is 5.69 Å². The van der Waals surface area contributed by atoms with Crippen molar-refractivity contribution < 1.29 is 18.1 Å². The van der Waals surface area contributed by atoms with Crippen LogP contribution in [0.25, 0.3) is 0 Å². The van der Waals surface area contributed by atoms with E-state index in [0.717, 1.165) is 43.5 Å². The number of non-ortho nitro benzene ring substituents is 1. The third kappa shape index (κ3) is 4.97. The lowest BCUT2D eigenvalue weighted by atomic mass is 9.82. The lowest BCUT2D eigenvalue weighted by molar-refractivity contribution is -0.384. The van der Waals surface area contributed by atoms with Crippen LogP contribution in [0.3, 0.4) is 0 Å². The zero-order chi connectivity index (χ0) is 18.5. The van der Waals surface area contributed by atoms with Crippen molar-refractivity contribution in [3.05, 3.63) is 34.4 Å². The van der Waals surface area contributed by atoms with Gasteiger partial charge in [-0.25, -0.2) is 13.1 Å². The molecule has 2 rings (SSSR count). The van der Waals surface area contributed by atoms with Crippen LogP contribution in [-0.4, -0.2) is 37.9 Å². The molecule has 1 amide bonds. The topological polar surface area (TPSA) is 144 Å². The van der Waals surface area contributed by atoms with Crippen molar-refractivity contribution in [2.75, 3.05) is 13.1 Å². The number of carbonyl (C=O) groups excluding carboxylic acids is 1. The van der Waals surface area contributed by atoms with Gasteiger partial charge in [0.1, 0.15) is 0 Å². The summed E-state index contributed by atoms with van der Waals surface area (Å²) in [6, 6.07) is 4.57. The average molecular weight is 370 g/mol. The molecule has 1 fully saturated rings. The summed E-state index contributed by atoms with van der Waals surface area (Å²) in [6.45, 7) is 0.116. The zero-order valence-corrected chi connectivity index (χ0v) is 14.5. The smallest absolute Gasteiger partial charge is 0.269 e. The molecule has 25 heavy (non-hydrogen) atoms. The largest absolute Gasteiger partial charge is 0.353 e. The highest BCUT2D eigenvalue weighted by Crippen LogP contribution is 2.25. The van der Waals surface area contributed by atoms with Crippen LogP contribution in [0.15, 0.2) is 29.2 Å². The minimum atomic E-state index is -3.80. The number of amides is 1. The average Bonchev–Trinajstić information content (AvgIpc) is 2.59. The number of nitrogens with zero attached hydrogens (tertiary/aromatic N) is 1. The van der Waals surface area contributed by atoms with Crippen LogP contribution in [-0.2, 0) is 14.8 Å². The Morgan fingerprint density at radius 1 is 1.16 bits per heavy atom. The zero-order valence-electron chi connectivity index (χ0n) is 13.7. The van der Waals surface area contributed by atoms with Gasteiger partial charge in [-0.1, -0.05) is 19.3 Å². The van der Waals surface area contributed by atoms with Crippen LogP contribution < -0.4 is 15.8 Å². The molecule has 0 aromatic heterocycles. The number of nitrogens with one attached hydrogen (secondary N) is 2. The molecular formula is C15H22N4O5S. The van der Waals surface area contributed by atoms with Crippen LogP contribution >= 0.6 is 0 Å². The fraction of sp³-hybridized carbons (Fsp3) is 0.533. The van der Waals surface area contributed by atoms with Gasteiger partial charge in [0.05, 0.1) is 15.4 Å². The summed E-state index contributed by atoms with van der Waals surface area (Å²) in [6.07, 6.45) is 4.16. The summed E-state index contributed by atoms with van der Waals surface area (Å²) >= 11 is 0. The highest BCUT2D eigenvalue weighted by Gasteiger charge is 2.34. The molecule has 1 aromatic carbocycles. The first-order chi connectivity index (χ1) is 11.7. The lowest BCUT2D eigenvalue weighted by Crippen LogP contribution is -2.55. The van der Waals surface area contributed by atoms with Crippen molar-refractivity contribution in [2.45, 2.75) is 42.5 Å². The lowest BCUT2D eigenvalue weighted by Gasteiger charge is -2.31. The number of sulfonamides is 1. The second kappa shape index (κ2) is 7.89. The van der Waals surface area contributed by atoms with Gasteiger partial charge in [-0.15, -0.1) is 0 Å². The van der Waals surface area contributed by atoms with Gasteiger partial charge in [-0.3, -0.25) is 14.9 Å². The Morgan fingerprint density at radius 3 is 2.32 bits per heavy atom. The molecule has 0 radical (unpaired) electrons. The predicted molar refractivity (Wildman–Crippen MR) is 91.3 cm³/mol. The number of carbonyl (C=O) groups is 1. The van der Waals surface area contributed by atoms with Crippen molar-refractivity contribution >= 4 is 21.6 Å². The van der Waals surface area contributed by atoms with E-state index in [1.165, 1.54) is 0 Å². The minimum absolute atomic E-state index is 0.00113. The molecular weight excluding hydrogens is 348 g/mol. The van der Waals surface area contributed by atoms with Gasteiger partial charge in [0, 0.05) is 25.2 Å². The number of benzene rings is 1. The summed E-state index contributed by atoms with van der Waals surface area (Å²) in [7, 11) is -3.80. The monoisotopic (exact) mass is 370 g/mol. The van der Waals surface area contributed by atoms with E-state index in [0.29, 0.717) is 12.8 Å². The Balaban J connectivity index is 1.83. The summed E-state index contributed by atoms with van der Waals surface area (Å²) in [5, 5.41) is 13.2. The maximum Gasteiger partial charge on any atom is 0.269 e. The molecule has 1 aromatic rings. The highest BCUT2D eigenvalue weighted by atomic mass is 32.2. The van der Waals surface area contributed by atoms with E-state index in [4.69, 9.17) is 5.73 Å². The van der Waals surface area contributed by atoms with Crippen LogP contribution in [0.1, 0.15) is 32.1 Å². The van der Waals surface area contributed by atoms with Crippen molar-refractivity contribution in [2.24, 2.45) is 5.73 Å². The van der Waals surface area contributed by atoms with Crippen LogP contribution in [0.5, 0.6) is 0 Å². The van der Waals surface area contributed by atoms with E-state index in [9.17, 15) is 23.3 Å². The van der Waals surface area contributed by atoms with Gasteiger partial charge in [0.2, 0.25) is 15.9 Å². The van der Waals surface area contributed by atoms with Gasteiger partial charge in [-0.2, -0.15) is 0 Å². The maximum absolute atomic E-state index is 12.1. The maximum atomic E-state index is 12.1. The number of hydrogen-bond acceptors (Lipinski definition) is 6. The van der Waals surface area contributed by atoms with Gasteiger partial charge in [-0.05, 0) is 25.0 Å². The van der Waals surface area contributed by atoms with Gasteiger partial charge < -0.3 is 11.1 Å². The van der Waals surface area contributed by atoms with Gasteiger partial charge >= 0.3 is 0 Å². The minimum Gasteiger partial charge on any atom is -0.353 e. The highest BCUT2D eigenvalue weighted by molar-refractivity contribution is 7.89. The number of rotatable bonds is 7. The van der Waals surface area contributed by atoms with E-state index in [2.05, 4.69) is 10.0 Å². The Kier molecular flexibility index (Phi) is 6.09. The van der Waals surface area contributed by atoms with Crippen molar-refractivity contribution in [1.29, 1.82) is 0 Å². The second-order valence-electron chi connectivity index (χ2n) is 6.12. The van der Waals surface area contributed by atoms with Crippen molar-refractivity contribution in [1.82, 2.24) is 10.0 Å². The summed E-state index contributed by atoms with van der Waals surface area (Å²) < 4.78 is 26.6. The number of nitro groups is 1. The van der Waals surface area contributed by atoms with Crippen molar-refractivity contribution in [3.8, 4) is 0 Å². The molecule has 4 N–H and O–H groups in total. The third-order valence-corrected chi connectivity index (χ3v) is 5.74. The summed E-state index contributed by atoms with van der Waals surface area (Å²) in [5.41, 5.74) is 5.04. The SMILES string of the molecule is NC1(C(=O)NCCNS(=O)(=O)c2ccc([N+](=O)[O-])cc2)CCCCC1. The molecule has 1 aliphatic carbocycles. The summed E-state index contributed by atoms with van der Waals surface area (Å²) in [5.74, 6) is -0.262. The molecule has 1 saturated carbocycles. The standard InChI is InChI=1S/C15H22N4O5S/c16-15(8-2-1-3-9-15)14(20)17-10-11-18-25(23,24)13-6-4-12(5-7-13)19(21)22/h4-7,18H,1-3,8-11,16H2,(H,17,20). The molecule has 0 heterocycles. The van der Waals surface area contributed by atoms with E-state index in [1.54, 1.807) is 0 Å². The predicted octanol–water partition coefficient (Wildman–Crippen LogP) is 0.651. The molecule has 0 unspecified atom stereocenters. The molecule has 138 valence electrons.